The van der Waals surface area contributed by atoms with Crippen LogP contribution in [0.2, 0.25) is 0 Å². The third kappa shape index (κ3) is 4.87. The Morgan fingerprint density at radius 2 is 0.694 bits per heavy atom. The molecule has 0 radical (unpaired) electrons. The summed E-state index contributed by atoms with van der Waals surface area (Å²) in [4.78, 5) is 0. The Labute approximate surface area is 201 Å². The van der Waals surface area contributed by atoms with Crippen LogP contribution in [0.4, 0.5) is 0 Å². The first-order valence-electron chi connectivity index (χ1n) is 9.93. The number of ether oxygens (including phenoxy) is 3. The van der Waals surface area contributed by atoms with Gasteiger partial charge < -0.3 is 60.2 Å². The first-order valence-corrected chi connectivity index (χ1v) is 9.93. The summed E-state index contributed by atoms with van der Waals surface area (Å²) in [5.74, 6) is -7.05. The van der Waals surface area contributed by atoms with Gasteiger partial charge in [-0.25, -0.2) is 0 Å². The molecule has 0 saturated heterocycles. The lowest BCUT2D eigenvalue weighted by molar-refractivity contribution is 0.340. The molecule has 186 valence electrons. The molecule has 0 aliphatic carbocycles. The average molecular weight is 498 g/mol. The Kier molecular flexibility index (Phi) is 5.92. The summed E-state index contributed by atoms with van der Waals surface area (Å²) in [5, 5.41) is 89.4. The number of phenolic OH excluding ortho intramolecular Hbond substituents is 9. The van der Waals surface area contributed by atoms with Crippen LogP contribution in [0.3, 0.4) is 0 Å². The fraction of sp³-hybridized carbons (Fsp3) is 0. The Balaban J connectivity index is 1.68. The number of hydrogen-bond acceptors (Lipinski definition) is 12. The van der Waals surface area contributed by atoms with Crippen molar-refractivity contribution < 1.29 is 60.2 Å². The van der Waals surface area contributed by atoms with E-state index in [1.165, 1.54) is 0 Å². The highest BCUT2D eigenvalue weighted by atomic mass is 16.5. The van der Waals surface area contributed by atoms with Crippen molar-refractivity contribution in [2.75, 3.05) is 0 Å². The van der Waals surface area contributed by atoms with Crippen molar-refractivity contribution in [2.24, 2.45) is 0 Å². The van der Waals surface area contributed by atoms with E-state index < -0.39 is 63.2 Å². The molecular weight excluding hydrogens is 480 g/mol. The van der Waals surface area contributed by atoms with E-state index in [1.807, 2.05) is 0 Å². The molecule has 4 rings (SSSR count). The third-order valence-electron chi connectivity index (χ3n) is 4.61. The Bertz CT molecular complexity index is 1400. The van der Waals surface area contributed by atoms with Gasteiger partial charge in [-0.05, 0) is 0 Å². The predicted octanol–water partition coefficient (Wildman–Crippen LogP) is 4.41. The van der Waals surface area contributed by atoms with Crippen LogP contribution < -0.4 is 14.2 Å². The van der Waals surface area contributed by atoms with Crippen molar-refractivity contribution >= 4 is 0 Å². The fourth-order valence-corrected chi connectivity index (χ4v) is 3.15. The lowest BCUT2D eigenvalue weighted by atomic mass is 10.2. The second-order valence-electron chi connectivity index (χ2n) is 7.39. The molecule has 9 N–H and O–H groups in total. The standard InChI is InChI=1S/C24H18O12/c25-10-1-11(26)3-14(2-10)34-22-19(32)8-15(9-20(22)33)35-24-18(31)6-13(28)7-21(24)36-23-16(29)4-12(27)5-17(23)30/h1-9,25-33H. The summed E-state index contributed by atoms with van der Waals surface area (Å²) in [5.41, 5.74) is 0. The maximum absolute atomic E-state index is 10.4. The van der Waals surface area contributed by atoms with Crippen LogP contribution in [0.5, 0.6) is 86.2 Å². The van der Waals surface area contributed by atoms with E-state index >= 15 is 0 Å². The fourth-order valence-electron chi connectivity index (χ4n) is 3.15. The molecule has 0 amide bonds. The minimum Gasteiger partial charge on any atom is -0.508 e. The van der Waals surface area contributed by atoms with Crippen LogP contribution in [0.25, 0.3) is 0 Å². The highest BCUT2D eigenvalue weighted by Gasteiger charge is 2.21. The van der Waals surface area contributed by atoms with Gasteiger partial charge in [-0.3, -0.25) is 0 Å². The van der Waals surface area contributed by atoms with Gasteiger partial charge in [0.15, 0.2) is 34.5 Å². The highest BCUT2D eigenvalue weighted by molar-refractivity contribution is 5.63. The molecule has 0 spiro atoms. The van der Waals surface area contributed by atoms with Crippen molar-refractivity contribution in [3.63, 3.8) is 0 Å². The van der Waals surface area contributed by atoms with Crippen LogP contribution in [-0.4, -0.2) is 46.0 Å². The van der Waals surface area contributed by atoms with Gasteiger partial charge in [0.25, 0.3) is 0 Å². The molecule has 4 aromatic carbocycles. The van der Waals surface area contributed by atoms with E-state index in [4.69, 9.17) is 14.2 Å². The maximum Gasteiger partial charge on any atom is 0.211 e. The van der Waals surface area contributed by atoms with Crippen molar-refractivity contribution in [3.8, 4) is 86.2 Å². The summed E-state index contributed by atoms with van der Waals surface area (Å²) >= 11 is 0. The van der Waals surface area contributed by atoms with Crippen LogP contribution >= 0.6 is 0 Å². The largest absolute Gasteiger partial charge is 0.508 e. The van der Waals surface area contributed by atoms with Gasteiger partial charge in [0.05, 0.1) is 0 Å². The molecule has 36 heavy (non-hydrogen) atoms. The molecule has 0 atom stereocenters. The van der Waals surface area contributed by atoms with E-state index in [0.29, 0.717) is 0 Å². The SMILES string of the molecule is Oc1cc(O)cc(Oc2c(O)cc(Oc3c(O)cc(O)cc3Oc3c(O)cc(O)cc3O)cc2O)c1. The normalized spacial score (nSPS) is 10.7. The molecule has 0 aliphatic heterocycles. The number of aromatic hydroxyl groups is 9. The lowest BCUT2D eigenvalue weighted by Gasteiger charge is -2.17. The summed E-state index contributed by atoms with van der Waals surface area (Å²) in [6.45, 7) is 0. The molecule has 0 heterocycles. The second kappa shape index (κ2) is 9.02. The van der Waals surface area contributed by atoms with Gasteiger partial charge in [-0.1, -0.05) is 0 Å². The van der Waals surface area contributed by atoms with E-state index in [2.05, 4.69) is 0 Å². The molecule has 12 nitrogen and oxygen atoms in total. The van der Waals surface area contributed by atoms with Gasteiger partial charge in [-0.15, -0.1) is 0 Å². The minimum absolute atomic E-state index is 0.104. The minimum atomic E-state index is -0.670. The summed E-state index contributed by atoms with van der Waals surface area (Å²) in [6.07, 6.45) is 0. The number of hydrogen-bond donors (Lipinski definition) is 9. The Morgan fingerprint density at radius 3 is 1.25 bits per heavy atom. The zero-order valence-corrected chi connectivity index (χ0v) is 17.9. The summed E-state index contributed by atoms with van der Waals surface area (Å²) < 4.78 is 16.2. The third-order valence-corrected chi connectivity index (χ3v) is 4.61. The quantitative estimate of drug-likeness (QED) is 0.181. The zero-order chi connectivity index (χ0) is 26.1. The molecule has 12 heteroatoms. The summed E-state index contributed by atoms with van der Waals surface area (Å²) in [7, 11) is 0. The van der Waals surface area contributed by atoms with Gasteiger partial charge in [0.1, 0.15) is 34.5 Å². The zero-order valence-electron chi connectivity index (χ0n) is 17.9. The van der Waals surface area contributed by atoms with Gasteiger partial charge >= 0.3 is 0 Å². The molecule has 0 aliphatic rings. The molecule has 0 aromatic heterocycles. The van der Waals surface area contributed by atoms with E-state index in [0.717, 1.165) is 54.6 Å². The summed E-state index contributed by atoms with van der Waals surface area (Å²) in [6, 6.07) is 8.89. The molecule has 0 bridgehead atoms. The first-order chi connectivity index (χ1) is 17.0. The molecule has 4 aromatic rings. The van der Waals surface area contributed by atoms with Crippen LogP contribution in [-0.2, 0) is 0 Å². The lowest BCUT2D eigenvalue weighted by Crippen LogP contribution is -1.93. The predicted molar refractivity (Wildman–Crippen MR) is 121 cm³/mol. The van der Waals surface area contributed by atoms with Crippen LogP contribution in [0, 0.1) is 0 Å². The van der Waals surface area contributed by atoms with E-state index in [1.54, 1.807) is 0 Å². The Morgan fingerprint density at radius 1 is 0.333 bits per heavy atom. The molecule has 0 unspecified atom stereocenters. The highest BCUT2D eigenvalue weighted by Crippen LogP contribution is 2.50. The van der Waals surface area contributed by atoms with Gasteiger partial charge in [-0.2, -0.15) is 0 Å². The number of benzene rings is 4. The monoisotopic (exact) mass is 498 g/mol. The molecule has 0 saturated carbocycles. The number of phenols is 9. The van der Waals surface area contributed by atoms with Crippen molar-refractivity contribution in [1.29, 1.82) is 0 Å². The molecular formula is C24H18O12. The topological polar surface area (TPSA) is 210 Å². The first kappa shape index (κ1) is 23.6. The van der Waals surface area contributed by atoms with Crippen molar-refractivity contribution in [2.45, 2.75) is 0 Å². The van der Waals surface area contributed by atoms with Gasteiger partial charge in [0.2, 0.25) is 17.2 Å². The molecule has 0 fully saturated rings. The maximum atomic E-state index is 10.4. The van der Waals surface area contributed by atoms with Crippen molar-refractivity contribution in [3.05, 3.63) is 54.6 Å². The average Bonchev–Trinajstić information content (AvgIpc) is 2.75. The second-order valence-corrected chi connectivity index (χ2v) is 7.39. The number of rotatable bonds is 6. The Hall–Kier alpha value is -5.52. The van der Waals surface area contributed by atoms with Crippen LogP contribution in [0.1, 0.15) is 0 Å². The van der Waals surface area contributed by atoms with Crippen LogP contribution in [0.15, 0.2) is 54.6 Å². The smallest absolute Gasteiger partial charge is 0.211 e. The van der Waals surface area contributed by atoms with Gasteiger partial charge in [0, 0.05) is 54.6 Å². The van der Waals surface area contributed by atoms with E-state index in [9.17, 15) is 46.0 Å². The van der Waals surface area contributed by atoms with E-state index in [-0.39, 0.29) is 23.0 Å². The van der Waals surface area contributed by atoms with Crippen molar-refractivity contribution in [1.82, 2.24) is 0 Å².